The number of carbonyl (C=O) groups excluding carboxylic acids is 1. The van der Waals surface area contributed by atoms with Crippen molar-refractivity contribution in [2.45, 2.75) is 51.5 Å². The lowest BCUT2D eigenvalue weighted by Crippen LogP contribution is -2.26. The first-order valence-corrected chi connectivity index (χ1v) is 7.04. The molecular weight excluding hydrogens is 234 g/mol. The van der Waals surface area contributed by atoms with Crippen LogP contribution in [0.25, 0.3) is 0 Å². The van der Waals surface area contributed by atoms with E-state index in [1.54, 1.807) is 11.3 Å². The van der Waals surface area contributed by atoms with E-state index in [0.717, 1.165) is 30.8 Å². The van der Waals surface area contributed by atoms with E-state index in [0.29, 0.717) is 6.42 Å². The van der Waals surface area contributed by atoms with Gasteiger partial charge < -0.3 is 11.1 Å². The monoisotopic (exact) mass is 253 g/mol. The van der Waals surface area contributed by atoms with Crippen LogP contribution in [0.1, 0.15) is 43.2 Å². The van der Waals surface area contributed by atoms with Gasteiger partial charge in [0, 0.05) is 17.3 Å². The number of hydrogen-bond acceptors (Lipinski definition) is 4. The summed E-state index contributed by atoms with van der Waals surface area (Å²) < 4.78 is 0. The number of rotatable bonds is 5. The fraction of sp³-hybridized carbons (Fsp3) is 0.667. The van der Waals surface area contributed by atoms with Gasteiger partial charge in [0.05, 0.1) is 5.69 Å². The summed E-state index contributed by atoms with van der Waals surface area (Å²) >= 11 is 1.61. The molecule has 1 aromatic heterocycles. The molecule has 1 aliphatic rings. The van der Waals surface area contributed by atoms with Crippen LogP contribution in [0.3, 0.4) is 0 Å². The van der Waals surface area contributed by atoms with Gasteiger partial charge in [0.2, 0.25) is 5.91 Å². The third-order valence-electron chi connectivity index (χ3n) is 2.95. The summed E-state index contributed by atoms with van der Waals surface area (Å²) in [5.74, 6) is -0.0154. The maximum Gasteiger partial charge on any atom is 0.227 e. The van der Waals surface area contributed by atoms with Gasteiger partial charge in [0.25, 0.3) is 0 Å². The van der Waals surface area contributed by atoms with Gasteiger partial charge in [-0.2, -0.15) is 0 Å². The van der Waals surface area contributed by atoms with Gasteiger partial charge in [-0.25, -0.2) is 4.98 Å². The highest BCUT2D eigenvalue weighted by Crippen LogP contribution is 2.30. The van der Waals surface area contributed by atoms with E-state index in [9.17, 15) is 4.79 Å². The van der Waals surface area contributed by atoms with E-state index in [-0.39, 0.29) is 11.9 Å². The number of nitrogens with one attached hydrogen (secondary N) is 1. The average Bonchev–Trinajstić information content (AvgIpc) is 2.77. The number of amides is 1. The summed E-state index contributed by atoms with van der Waals surface area (Å²) in [6.07, 6.45) is 5.65. The van der Waals surface area contributed by atoms with Gasteiger partial charge in [-0.15, -0.1) is 11.3 Å². The summed E-state index contributed by atoms with van der Waals surface area (Å²) in [7, 11) is 0. The molecule has 1 aliphatic carbocycles. The standard InChI is InChI=1S/C12H19N3OS/c1-2-4-8(13)7-11(16)15-12-14-9-5-3-6-10(9)17-12/h8H,2-7,13H2,1H3,(H,14,15,16). The minimum absolute atomic E-state index is 0.0154. The molecule has 0 fully saturated rings. The molecule has 1 aromatic rings. The number of aromatic nitrogens is 1. The van der Waals surface area contributed by atoms with Crippen molar-refractivity contribution < 1.29 is 4.79 Å². The van der Waals surface area contributed by atoms with Gasteiger partial charge >= 0.3 is 0 Å². The second kappa shape index (κ2) is 5.60. The zero-order chi connectivity index (χ0) is 12.3. The molecule has 17 heavy (non-hydrogen) atoms. The fourth-order valence-corrected chi connectivity index (χ4v) is 3.19. The quantitative estimate of drug-likeness (QED) is 0.844. The molecule has 0 bridgehead atoms. The Balaban J connectivity index is 1.85. The van der Waals surface area contributed by atoms with Crippen molar-refractivity contribution in [3.63, 3.8) is 0 Å². The van der Waals surface area contributed by atoms with Crippen molar-refractivity contribution in [1.82, 2.24) is 4.98 Å². The summed E-state index contributed by atoms with van der Waals surface area (Å²) in [5.41, 5.74) is 7.00. The van der Waals surface area contributed by atoms with Crippen molar-refractivity contribution in [1.29, 1.82) is 0 Å². The Bertz CT molecular complexity index is 381. The van der Waals surface area contributed by atoms with E-state index >= 15 is 0 Å². The summed E-state index contributed by atoms with van der Waals surface area (Å²) in [6.45, 7) is 2.07. The Labute approximate surface area is 106 Å². The highest BCUT2D eigenvalue weighted by Gasteiger charge is 2.18. The Hall–Kier alpha value is -0.940. The molecule has 1 heterocycles. The van der Waals surface area contributed by atoms with Gasteiger partial charge in [0.15, 0.2) is 5.13 Å². The third kappa shape index (κ3) is 3.26. The van der Waals surface area contributed by atoms with E-state index in [2.05, 4.69) is 17.2 Å². The van der Waals surface area contributed by atoms with Crippen molar-refractivity contribution in [2.75, 3.05) is 5.32 Å². The summed E-state index contributed by atoms with van der Waals surface area (Å²) in [4.78, 5) is 17.5. The van der Waals surface area contributed by atoms with Crippen molar-refractivity contribution >= 4 is 22.4 Å². The molecule has 94 valence electrons. The minimum Gasteiger partial charge on any atom is -0.327 e. The van der Waals surface area contributed by atoms with Crippen LogP contribution in [0, 0.1) is 0 Å². The van der Waals surface area contributed by atoms with Crippen molar-refractivity contribution in [2.24, 2.45) is 5.73 Å². The van der Waals surface area contributed by atoms with Crippen LogP contribution in [0.5, 0.6) is 0 Å². The Kier molecular flexibility index (Phi) is 4.12. The van der Waals surface area contributed by atoms with Crippen molar-refractivity contribution in [3.05, 3.63) is 10.6 Å². The maximum absolute atomic E-state index is 11.7. The highest BCUT2D eigenvalue weighted by molar-refractivity contribution is 7.15. The van der Waals surface area contributed by atoms with Crippen LogP contribution in [-0.2, 0) is 17.6 Å². The third-order valence-corrected chi connectivity index (χ3v) is 4.02. The van der Waals surface area contributed by atoms with Crippen LogP contribution in [0.4, 0.5) is 5.13 Å². The molecule has 0 saturated heterocycles. The molecule has 1 unspecified atom stereocenters. The molecule has 1 amide bonds. The molecule has 3 N–H and O–H groups in total. The van der Waals surface area contributed by atoms with E-state index in [4.69, 9.17) is 5.73 Å². The zero-order valence-electron chi connectivity index (χ0n) is 10.2. The number of hydrogen-bond donors (Lipinski definition) is 2. The lowest BCUT2D eigenvalue weighted by atomic mass is 10.1. The Morgan fingerprint density at radius 2 is 2.41 bits per heavy atom. The molecule has 5 heteroatoms. The molecule has 0 aromatic carbocycles. The maximum atomic E-state index is 11.7. The molecule has 1 atom stereocenters. The fourth-order valence-electron chi connectivity index (χ4n) is 2.13. The zero-order valence-corrected chi connectivity index (χ0v) is 11.0. The number of nitrogens with two attached hydrogens (primary N) is 1. The smallest absolute Gasteiger partial charge is 0.227 e. The molecule has 0 saturated carbocycles. The lowest BCUT2D eigenvalue weighted by molar-refractivity contribution is -0.116. The van der Waals surface area contributed by atoms with Gasteiger partial charge in [-0.05, 0) is 25.7 Å². The van der Waals surface area contributed by atoms with Crippen LogP contribution >= 0.6 is 11.3 Å². The molecule has 2 rings (SSSR count). The number of aryl methyl sites for hydroxylation is 2. The number of thiazole rings is 1. The number of fused-ring (bicyclic) bond motifs is 1. The largest absolute Gasteiger partial charge is 0.327 e. The van der Waals surface area contributed by atoms with Crippen LogP contribution in [0.15, 0.2) is 0 Å². The average molecular weight is 253 g/mol. The second-order valence-electron chi connectivity index (χ2n) is 4.54. The van der Waals surface area contributed by atoms with E-state index in [1.807, 2.05) is 0 Å². The van der Waals surface area contributed by atoms with Crippen LogP contribution in [0.2, 0.25) is 0 Å². The van der Waals surface area contributed by atoms with E-state index < -0.39 is 0 Å². The van der Waals surface area contributed by atoms with E-state index in [1.165, 1.54) is 17.0 Å². The normalized spacial score (nSPS) is 15.6. The predicted octanol–water partition coefficient (Wildman–Crippen LogP) is 2.09. The molecule has 0 radical (unpaired) electrons. The summed E-state index contributed by atoms with van der Waals surface area (Å²) in [6, 6.07) is -0.0354. The lowest BCUT2D eigenvalue weighted by Gasteiger charge is -2.08. The minimum atomic E-state index is -0.0354. The first-order chi connectivity index (χ1) is 8.19. The Morgan fingerprint density at radius 1 is 1.59 bits per heavy atom. The number of anilines is 1. The van der Waals surface area contributed by atoms with Crippen molar-refractivity contribution in [3.8, 4) is 0 Å². The first kappa shape index (κ1) is 12.5. The Morgan fingerprint density at radius 3 is 3.12 bits per heavy atom. The summed E-state index contributed by atoms with van der Waals surface area (Å²) in [5, 5.41) is 3.59. The van der Waals surface area contributed by atoms with Gasteiger partial charge in [-0.3, -0.25) is 4.79 Å². The SMILES string of the molecule is CCCC(N)CC(=O)Nc1nc2c(s1)CCC2. The predicted molar refractivity (Wildman–Crippen MR) is 70.3 cm³/mol. The molecular formula is C12H19N3OS. The number of carbonyl (C=O) groups is 1. The highest BCUT2D eigenvalue weighted by atomic mass is 32.1. The number of nitrogens with zero attached hydrogens (tertiary/aromatic N) is 1. The van der Waals surface area contributed by atoms with Gasteiger partial charge in [-0.1, -0.05) is 13.3 Å². The topological polar surface area (TPSA) is 68.0 Å². The molecule has 0 aliphatic heterocycles. The van der Waals surface area contributed by atoms with Crippen LogP contribution in [-0.4, -0.2) is 16.9 Å². The second-order valence-corrected chi connectivity index (χ2v) is 5.63. The van der Waals surface area contributed by atoms with Crippen LogP contribution < -0.4 is 11.1 Å². The molecule has 0 spiro atoms. The molecule has 4 nitrogen and oxygen atoms in total. The van der Waals surface area contributed by atoms with Gasteiger partial charge in [0.1, 0.15) is 0 Å². The first-order valence-electron chi connectivity index (χ1n) is 6.23.